The summed E-state index contributed by atoms with van der Waals surface area (Å²) < 4.78 is 40.2. The van der Waals surface area contributed by atoms with Crippen LogP contribution in [0.2, 0.25) is 0 Å². The summed E-state index contributed by atoms with van der Waals surface area (Å²) in [5.74, 6) is -2.03. The van der Waals surface area contributed by atoms with Gasteiger partial charge in [-0.05, 0) is 26.2 Å². The van der Waals surface area contributed by atoms with Crippen molar-refractivity contribution in [2.45, 2.75) is 38.8 Å². The summed E-state index contributed by atoms with van der Waals surface area (Å²) in [5.41, 5.74) is 1.29. The number of halogens is 3. The van der Waals surface area contributed by atoms with Gasteiger partial charge in [-0.1, -0.05) is 6.42 Å². The van der Waals surface area contributed by atoms with Gasteiger partial charge in [0.1, 0.15) is 5.82 Å². The van der Waals surface area contributed by atoms with Gasteiger partial charge in [-0.25, -0.2) is 4.68 Å². The molecule has 0 aromatic carbocycles. The number of hydrogen-bond donors (Lipinski definition) is 2. The van der Waals surface area contributed by atoms with Crippen molar-refractivity contribution in [3.63, 3.8) is 0 Å². The molecule has 2 aromatic heterocycles. The lowest BCUT2D eigenvalue weighted by Crippen LogP contribution is -2.34. The average Bonchev–Trinajstić information content (AvgIpc) is 3.01. The Morgan fingerprint density at radius 3 is 2.83 bits per heavy atom. The number of carbonyl (C=O) groups excluding carboxylic acids is 1. The van der Waals surface area contributed by atoms with Gasteiger partial charge in [0.2, 0.25) is 5.91 Å². The first-order chi connectivity index (χ1) is 10.8. The molecule has 2 N–H and O–H groups in total. The minimum Gasteiger partial charge on any atom is -0.310 e. The molecule has 2 aromatic rings. The zero-order chi connectivity index (χ0) is 16.8. The summed E-state index contributed by atoms with van der Waals surface area (Å²) in [5, 5.41) is 14.4. The van der Waals surface area contributed by atoms with Crippen LogP contribution >= 0.6 is 0 Å². The zero-order valence-corrected chi connectivity index (χ0v) is 12.9. The Labute approximate surface area is 130 Å². The molecule has 0 saturated heterocycles. The van der Waals surface area contributed by atoms with E-state index in [1.165, 1.54) is 0 Å². The van der Waals surface area contributed by atoms with Crippen LogP contribution in [0.4, 0.5) is 19.0 Å². The van der Waals surface area contributed by atoms with Crippen LogP contribution in [0.1, 0.15) is 31.4 Å². The number of rotatable bonds is 2. The molecule has 9 heteroatoms. The zero-order valence-electron chi connectivity index (χ0n) is 12.9. The normalized spacial score (nSPS) is 22.5. The van der Waals surface area contributed by atoms with Crippen molar-refractivity contribution in [1.29, 1.82) is 0 Å². The Morgan fingerprint density at radius 2 is 2.13 bits per heavy atom. The van der Waals surface area contributed by atoms with E-state index >= 15 is 0 Å². The summed E-state index contributed by atoms with van der Waals surface area (Å²) in [6, 6.07) is 0. The third kappa shape index (κ3) is 2.91. The van der Waals surface area contributed by atoms with Gasteiger partial charge in [-0.15, -0.1) is 0 Å². The molecule has 1 fully saturated rings. The van der Waals surface area contributed by atoms with Crippen LogP contribution in [0.3, 0.4) is 0 Å². The van der Waals surface area contributed by atoms with Crippen LogP contribution in [-0.4, -0.2) is 32.1 Å². The van der Waals surface area contributed by atoms with Crippen molar-refractivity contribution in [1.82, 2.24) is 20.0 Å². The van der Waals surface area contributed by atoms with E-state index in [0.717, 1.165) is 0 Å². The van der Waals surface area contributed by atoms with Crippen LogP contribution < -0.4 is 5.32 Å². The van der Waals surface area contributed by atoms with Crippen molar-refractivity contribution < 1.29 is 18.0 Å². The fraction of sp³-hybridized carbons (Fsp3) is 0.643. The van der Waals surface area contributed by atoms with E-state index in [1.54, 1.807) is 18.7 Å². The SMILES string of the molecule is Cc1nn(C)c2n[nH]c(NC(=O)[C@H]3CCC[C@@H](C(F)(F)F)C3)c12. The summed E-state index contributed by atoms with van der Waals surface area (Å²) in [7, 11) is 1.73. The van der Waals surface area contributed by atoms with E-state index in [0.29, 0.717) is 35.4 Å². The van der Waals surface area contributed by atoms with Gasteiger partial charge in [0, 0.05) is 13.0 Å². The third-order valence-corrected chi connectivity index (χ3v) is 4.47. The number of aromatic amines is 1. The average molecular weight is 329 g/mol. The Hall–Kier alpha value is -2.06. The van der Waals surface area contributed by atoms with E-state index in [9.17, 15) is 18.0 Å². The molecule has 126 valence electrons. The van der Waals surface area contributed by atoms with Gasteiger partial charge < -0.3 is 5.32 Å². The quantitative estimate of drug-likeness (QED) is 0.889. The van der Waals surface area contributed by atoms with Crippen LogP contribution in [0.25, 0.3) is 11.0 Å². The van der Waals surface area contributed by atoms with Gasteiger partial charge in [-0.3, -0.25) is 9.89 Å². The lowest BCUT2D eigenvalue weighted by atomic mass is 9.80. The fourth-order valence-electron chi connectivity index (χ4n) is 3.27. The topological polar surface area (TPSA) is 75.6 Å². The summed E-state index contributed by atoms with van der Waals surface area (Å²) in [6.07, 6.45) is -3.41. The molecule has 1 amide bonds. The lowest BCUT2D eigenvalue weighted by Gasteiger charge is -2.29. The number of aromatic nitrogens is 4. The van der Waals surface area contributed by atoms with Crippen molar-refractivity contribution in [3.05, 3.63) is 5.69 Å². The lowest BCUT2D eigenvalue weighted by molar-refractivity contribution is -0.185. The maximum absolute atomic E-state index is 12.9. The number of anilines is 1. The smallest absolute Gasteiger partial charge is 0.310 e. The second-order valence-corrected chi connectivity index (χ2v) is 6.10. The second-order valence-electron chi connectivity index (χ2n) is 6.10. The molecular weight excluding hydrogens is 311 g/mol. The molecule has 3 rings (SSSR count). The van der Waals surface area contributed by atoms with Crippen LogP contribution in [0.5, 0.6) is 0 Å². The number of carbonyl (C=O) groups is 1. The molecule has 6 nitrogen and oxygen atoms in total. The number of nitrogens with zero attached hydrogens (tertiary/aromatic N) is 3. The molecule has 1 aliphatic rings. The predicted molar refractivity (Wildman–Crippen MR) is 77.7 cm³/mol. The van der Waals surface area contributed by atoms with Gasteiger partial charge >= 0.3 is 6.18 Å². The Morgan fingerprint density at radius 1 is 1.39 bits per heavy atom. The van der Waals surface area contributed by atoms with Gasteiger partial charge in [-0.2, -0.15) is 23.4 Å². The van der Waals surface area contributed by atoms with Crippen molar-refractivity contribution >= 4 is 22.8 Å². The van der Waals surface area contributed by atoms with E-state index in [1.807, 2.05) is 0 Å². The molecule has 2 heterocycles. The maximum Gasteiger partial charge on any atom is 0.391 e. The number of amides is 1. The van der Waals surface area contributed by atoms with Crippen LogP contribution in [0, 0.1) is 18.8 Å². The second kappa shape index (κ2) is 5.54. The van der Waals surface area contributed by atoms with E-state index in [-0.39, 0.29) is 12.8 Å². The van der Waals surface area contributed by atoms with E-state index in [2.05, 4.69) is 20.6 Å². The highest BCUT2D eigenvalue weighted by atomic mass is 19.4. The first kappa shape index (κ1) is 15.8. The van der Waals surface area contributed by atoms with E-state index < -0.39 is 23.9 Å². The first-order valence-electron chi connectivity index (χ1n) is 7.52. The molecule has 1 aliphatic carbocycles. The number of H-pyrrole nitrogens is 1. The van der Waals surface area contributed by atoms with Crippen LogP contribution in [-0.2, 0) is 11.8 Å². The number of hydrogen-bond acceptors (Lipinski definition) is 3. The highest BCUT2D eigenvalue weighted by Crippen LogP contribution is 2.40. The summed E-state index contributed by atoms with van der Waals surface area (Å²) in [4.78, 5) is 12.3. The fourth-order valence-corrected chi connectivity index (χ4v) is 3.27. The van der Waals surface area contributed by atoms with Gasteiger partial charge in [0.25, 0.3) is 0 Å². The number of aryl methyl sites for hydroxylation is 2. The summed E-state index contributed by atoms with van der Waals surface area (Å²) >= 11 is 0. The van der Waals surface area contributed by atoms with Gasteiger partial charge in [0.05, 0.1) is 17.0 Å². The third-order valence-electron chi connectivity index (χ3n) is 4.47. The monoisotopic (exact) mass is 329 g/mol. The molecule has 2 atom stereocenters. The Kier molecular flexibility index (Phi) is 3.81. The number of fused-ring (bicyclic) bond motifs is 1. The highest BCUT2D eigenvalue weighted by Gasteiger charge is 2.43. The number of nitrogens with one attached hydrogen (secondary N) is 2. The predicted octanol–water partition coefficient (Wildman–Crippen LogP) is 2.91. The first-order valence-corrected chi connectivity index (χ1v) is 7.52. The maximum atomic E-state index is 12.9. The van der Waals surface area contributed by atoms with Gasteiger partial charge in [0.15, 0.2) is 5.65 Å². The molecule has 0 unspecified atom stereocenters. The largest absolute Gasteiger partial charge is 0.391 e. The summed E-state index contributed by atoms with van der Waals surface area (Å²) in [6.45, 7) is 1.79. The molecule has 0 aliphatic heterocycles. The number of alkyl halides is 3. The molecule has 23 heavy (non-hydrogen) atoms. The molecule has 1 saturated carbocycles. The highest BCUT2D eigenvalue weighted by molar-refractivity contribution is 6.00. The minimum atomic E-state index is -4.24. The minimum absolute atomic E-state index is 0.100. The van der Waals surface area contributed by atoms with Crippen molar-refractivity contribution in [2.24, 2.45) is 18.9 Å². The standard InChI is InChI=1S/C14H18F3N5O/c1-7-10-11(19-20-12(10)22(2)21-7)18-13(23)8-4-3-5-9(6-8)14(15,16)17/h8-9H,3-6H2,1-2H3,(H2,18,19,20,23)/t8-,9+/m0/s1. The molecule has 0 spiro atoms. The van der Waals surface area contributed by atoms with Crippen molar-refractivity contribution in [2.75, 3.05) is 5.32 Å². The molecular formula is C14H18F3N5O. The Bertz CT molecular complexity index is 733. The Balaban J connectivity index is 1.76. The van der Waals surface area contributed by atoms with Crippen LogP contribution in [0.15, 0.2) is 0 Å². The van der Waals surface area contributed by atoms with E-state index in [4.69, 9.17) is 0 Å². The van der Waals surface area contributed by atoms with Crippen molar-refractivity contribution in [3.8, 4) is 0 Å². The molecule has 0 bridgehead atoms. The molecule has 0 radical (unpaired) electrons.